The first-order valence-corrected chi connectivity index (χ1v) is 11.2. The molecule has 0 spiro atoms. The molecule has 1 saturated heterocycles. The Morgan fingerprint density at radius 1 is 0.794 bits per heavy atom. The van der Waals surface area contributed by atoms with Crippen LogP contribution in [0.3, 0.4) is 0 Å². The van der Waals surface area contributed by atoms with E-state index in [4.69, 9.17) is 4.74 Å². The zero-order valence-corrected chi connectivity index (χ0v) is 19.1. The molecule has 3 heterocycles. The van der Waals surface area contributed by atoms with Crippen LogP contribution in [0.25, 0.3) is 5.57 Å². The third-order valence-corrected chi connectivity index (χ3v) is 6.22. The summed E-state index contributed by atoms with van der Waals surface area (Å²) in [5.74, 6) is 0.563. The lowest BCUT2D eigenvalue weighted by molar-refractivity contribution is -0.120. The van der Waals surface area contributed by atoms with E-state index in [9.17, 15) is 9.59 Å². The lowest BCUT2D eigenvalue weighted by Gasteiger charge is -2.36. The van der Waals surface area contributed by atoms with Crippen LogP contribution in [0.15, 0.2) is 72.7 Å². The molecule has 0 saturated carbocycles. The van der Waals surface area contributed by atoms with E-state index < -0.39 is 0 Å². The Hall–Kier alpha value is -4.20. The highest BCUT2D eigenvalue weighted by molar-refractivity contribution is 6.45. The van der Waals surface area contributed by atoms with Crippen LogP contribution in [0.4, 0.5) is 11.6 Å². The molecule has 0 N–H and O–H groups in total. The number of methoxy groups -OCH3 is 1. The van der Waals surface area contributed by atoms with Gasteiger partial charge in [0.05, 0.1) is 18.4 Å². The second kappa shape index (κ2) is 8.97. The highest BCUT2D eigenvalue weighted by Crippen LogP contribution is 2.39. The average Bonchev–Trinajstić information content (AvgIpc) is 3.14. The van der Waals surface area contributed by atoms with Gasteiger partial charge in [0, 0.05) is 44.1 Å². The number of para-hydroxylation sites is 2. The number of aromatic nitrogens is 2. The van der Waals surface area contributed by atoms with Crippen molar-refractivity contribution in [1.29, 1.82) is 0 Å². The first kappa shape index (κ1) is 21.6. The van der Waals surface area contributed by atoms with Crippen molar-refractivity contribution < 1.29 is 14.3 Å². The number of ether oxygens (including phenoxy) is 1. The molecule has 8 heteroatoms. The molecule has 172 valence electrons. The van der Waals surface area contributed by atoms with Gasteiger partial charge >= 0.3 is 0 Å². The quantitative estimate of drug-likeness (QED) is 0.548. The second-order valence-corrected chi connectivity index (χ2v) is 8.18. The van der Waals surface area contributed by atoms with Gasteiger partial charge in [-0.1, -0.05) is 36.4 Å². The fourth-order valence-electron chi connectivity index (χ4n) is 4.52. The number of carbonyl (C=O) groups is 2. The van der Waals surface area contributed by atoms with E-state index >= 15 is 0 Å². The van der Waals surface area contributed by atoms with Crippen LogP contribution in [0.2, 0.25) is 0 Å². The number of hydrogen-bond acceptors (Lipinski definition) is 7. The molecule has 0 atom stereocenters. The van der Waals surface area contributed by atoms with Gasteiger partial charge in [-0.2, -0.15) is 0 Å². The molecule has 3 aromatic rings. The maximum absolute atomic E-state index is 13.8. The number of piperazine rings is 1. The van der Waals surface area contributed by atoms with Crippen LogP contribution < -0.4 is 14.5 Å². The topological polar surface area (TPSA) is 78.9 Å². The number of benzene rings is 2. The second-order valence-electron chi connectivity index (χ2n) is 8.18. The maximum Gasteiger partial charge on any atom is 0.282 e. The molecule has 2 aliphatic heterocycles. The molecule has 1 aromatic heterocycles. The van der Waals surface area contributed by atoms with Crippen LogP contribution in [-0.4, -0.2) is 60.0 Å². The van der Waals surface area contributed by atoms with Gasteiger partial charge in [-0.05, 0) is 30.7 Å². The number of amides is 2. The summed E-state index contributed by atoms with van der Waals surface area (Å²) in [6, 6.07) is 16.5. The van der Waals surface area contributed by atoms with E-state index in [1.54, 1.807) is 37.7 Å². The number of imide groups is 1. The minimum absolute atomic E-state index is 0.315. The monoisotopic (exact) mass is 455 g/mol. The molecule has 0 aliphatic carbocycles. The molecule has 34 heavy (non-hydrogen) atoms. The van der Waals surface area contributed by atoms with Crippen molar-refractivity contribution in [1.82, 2.24) is 14.9 Å². The van der Waals surface area contributed by atoms with Crippen LogP contribution in [0, 0.1) is 6.92 Å². The van der Waals surface area contributed by atoms with E-state index in [-0.39, 0.29) is 11.8 Å². The molecular weight excluding hydrogens is 430 g/mol. The lowest BCUT2D eigenvalue weighted by atomic mass is 10.0. The minimum Gasteiger partial charge on any atom is -0.496 e. The van der Waals surface area contributed by atoms with Gasteiger partial charge in [0.2, 0.25) is 5.95 Å². The Kier molecular flexibility index (Phi) is 5.71. The highest BCUT2D eigenvalue weighted by atomic mass is 16.5. The molecule has 2 amide bonds. The van der Waals surface area contributed by atoms with Gasteiger partial charge < -0.3 is 14.5 Å². The number of carbonyl (C=O) groups excluding carboxylic acids is 2. The molecule has 8 nitrogen and oxygen atoms in total. The molecule has 0 radical (unpaired) electrons. The fourth-order valence-corrected chi connectivity index (χ4v) is 4.52. The summed E-state index contributed by atoms with van der Waals surface area (Å²) in [6.45, 7) is 4.30. The minimum atomic E-state index is -0.340. The Morgan fingerprint density at radius 3 is 2.15 bits per heavy atom. The zero-order chi connectivity index (χ0) is 23.7. The average molecular weight is 456 g/mol. The summed E-state index contributed by atoms with van der Waals surface area (Å²) < 4.78 is 5.56. The Bertz CT molecular complexity index is 1270. The summed E-state index contributed by atoms with van der Waals surface area (Å²) in [7, 11) is 1.57. The van der Waals surface area contributed by atoms with Crippen LogP contribution >= 0.6 is 0 Å². The number of rotatable bonds is 5. The van der Waals surface area contributed by atoms with Crippen LogP contribution in [0.5, 0.6) is 5.75 Å². The van der Waals surface area contributed by atoms with Gasteiger partial charge in [-0.15, -0.1) is 0 Å². The van der Waals surface area contributed by atoms with Gasteiger partial charge in [0.1, 0.15) is 11.4 Å². The van der Waals surface area contributed by atoms with Crippen molar-refractivity contribution in [2.75, 3.05) is 43.1 Å². The first-order valence-electron chi connectivity index (χ1n) is 11.2. The fraction of sp³-hybridized carbons (Fsp3) is 0.231. The summed E-state index contributed by atoms with van der Waals surface area (Å²) in [6.07, 6.45) is 3.44. The van der Waals surface area contributed by atoms with Crippen molar-refractivity contribution in [3.8, 4) is 5.75 Å². The molecule has 1 fully saturated rings. The third kappa shape index (κ3) is 3.67. The lowest BCUT2D eigenvalue weighted by Crippen LogP contribution is -2.48. The normalized spacial score (nSPS) is 16.5. The molecule has 2 aliphatic rings. The van der Waals surface area contributed by atoms with E-state index in [1.165, 1.54) is 4.90 Å². The Morgan fingerprint density at radius 2 is 1.44 bits per heavy atom. The van der Waals surface area contributed by atoms with Crippen molar-refractivity contribution in [3.63, 3.8) is 0 Å². The van der Waals surface area contributed by atoms with E-state index in [0.717, 1.165) is 5.56 Å². The molecular formula is C26H25N5O3. The Labute approximate surface area is 198 Å². The van der Waals surface area contributed by atoms with Gasteiger partial charge in [0.25, 0.3) is 11.8 Å². The first-order chi connectivity index (χ1) is 16.6. The molecule has 5 rings (SSSR count). The zero-order valence-electron chi connectivity index (χ0n) is 19.1. The SMILES string of the molecule is COc1ccccc1C1=C(N2CCN(c3ncccn3)CC2)C(=O)N(c2ccccc2C)C1=O. The van der Waals surface area contributed by atoms with E-state index in [0.29, 0.717) is 60.4 Å². The Balaban J connectivity index is 1.55. The molecule has 2 aromatic carbocycles. The van der Waals surface area contributed by atoms with Crippen molar-refractivity contribution in [2.24, 2.45) is 0 Å². The number of hydrogen-bond donors (Lipinski definition) is 0. The molecule has 0 bridgehead atoms. The van der Waals surface area contributed by atoms with Gasteiger partial charge in [-0.3, -0.25) is 9.59 Å². The summed E-state index contributed by atoms with van der Waals surface area (Å²) >= 11 is 0. The smallest absolute Gasteiger partial charge is 0.282 e. The van der Waals surface area contributed by atoms with Gasteiger partial charge in [0.15, 0.2) is 0 Å². The van der Waals surface area contributed by atoms with Crippen LogP contribution in [-0.2, 0) is 9.59 Å². The number of aryl methyl sites for hydroxylation is 1. The van der Waals surface area contributed by atoms with Gasteiger partial charge in [-0.25, -0.2) is 14.9 Å². The summed E-state index contributed by atoms with van der Waals surface area (Å²) in [5.41, 5.74) is 2.84. The maximum atomic E-state index is 13.8. The standard InChI is InChI=1S/C26H25N5O3/c1-18-8-3-5-10-20(18)31-24(32)22(19-9-4-6-11-21(19)34-2)23(25(31)33)29-14-16-30(17-15-29)26-27-12-7-13-28-26/h3-13H,14-17H2,1-2H3. The number of nitrogens with zero attached hydrogens (tertiary/aromatic N) is 5. The predicted octanol–water partition coefficient (Wildman–Crippen LogP) is 2.90. The molecule has 0 unspecified atom stereocenters. The number of anilines is 2. The van der Waals surface area contributed by atoms with E-state index in [1.807, 2.05) is 48.2 Å². The largest absolute Gasteiger partial charge is 0.496 e. The highest BCUT2D eigenvalue weighted by Gasteiger charge is 2.44. The predicted molar refractivity (Wildman–Crippen MR) is 129 cm³/mol. The summed E-state index contributed by atoms with van der Waals surface area (Å²) in [4.78, 5) is 41.7. The van der Waals surface area contributed by atoms with E-state index in [2.05, 4.69) is 14.9 Å². The van der Waals surface area contributed by atoms with Crippen molar-refractivity contribution in [2.45, 2.75) is 6.92 Å². The third-order valence-electron chi connectivity index (χ3n) is 6.22. The van der Waals surface area contributed by atoms with Crippen molar-refractivity contribution >= 4 is 29.0 Å². The van der Waals surface area contributed by atoms with Crippen molar-refractivity contribution in [3.05, 3.63) is 83.8 Å². The van der Waals surface area contributed by atoms with Crippen LogP contribution in [0.1, 0.15) is 11.1 Å². The summed E-state index contributed by atoms with van der Waals surface area (Å²) in [5, 5.41) is 0.